The van der Waals surface area contributed by atoms with Crippen LogP contribution in [0.5, 0.6) is 0 Å². The van der Waals surface area contributed by atoms with Gasteiger partial charge in [0.15, 0.2) is 6.21 Å². The van der Waals surface area contributed by atoms with E-state index in [1.54, 1.807) is 0 Å². The minimum absolute atomic E-state index is 0.0331. The maximum Gasteiger partial charge on any atom is 0.239 e. The van der Waals surface area contributed by atoms with Crippen molar-refractivity contribution in [1.29, 1.82) is 0 Å². The van der Waals surface area contributed by atoms with Crippen molar-refractivity contribution in [3.05, 3.63) is 199 Å². The van der Waals surface area contributed by atoms with Gasteiger partial charge in [-0.1, -0.05) is 140 Å². The summed E-state index contributed by atoms with van der Waals surface area (Å²) < 4.78 is 7.32. The van der Waals surface area contributed by atoms with Crippen LogP contribution in [-0.2, 0) is 0 Å². The zero-order valence-corrected chi connectivity index (χ0v) is 29.0. The second-order valence-electron chi connectivity index (χ2n) is 14.0. The predicted octanol–water partition coefficient (Wildman–Crippen LogP) is 11.8. The van der Waals surface area contributed by atoms with Gasteiger partial charge in [0.2, 0.25) is 11.9 Å². The maximum atomic E-state index is 3.93. The molecule has 2 unspecified atom stereocenters. The number of para-hydroxylation sites is 4. The number of aromatic nitrogens is 2. The molecule has 0 saturated carbocycles. The Kier molecular flexibility index (Phi) is 6.73. The summed E-state index contributed by atoms with van der Waals surface area (Å²) in [5.74, 6) is 0. The summed E-state index contributed by atoms with van der Waals surface area (Å²) in [6.45, 7) is 0. The molecule has 4 nitrogen and oxygen atoms in total. The minimum Gasteiger partial charge on any atom is -0.309 e. The van der Waals surface area contributed by atoms with Gasteiger partial charge in [-0.25, -0.2) is 5.32 Å². The molecule has 11 rings (SSSR count). The van der Waals surface area contributed by atoms with E-state index in [2.05, 4.69) is 213 Å². The van der Waals surface area contributed by atoms with Crippen LogP contribution in [0.1, 0.15) is 23.3 Å². The molecular weight excluding hydrogens is 645 g/mol. The molecule has 1 aliphatic rings. The average molecular weight is 680 g/mol. The van der Waals surface area contributed by atoms with E-state index in [-0.39, 0.29) is 12.2 Å². The molecule has 0 spiro atoms. The Labute approximate surface area is 307 Å². The van der Waals surface area contributed by atoms with Gasteiger partial charge in [-0.3, -0.25) is 0 Å². The predicted molar refractivity (Wildman–Crippen MR) is 220 cm³/mol. The lowest BCUT2D eigenvalue weighted by molar-refractivity contribution is -0.484. The SMILES string of the molecule is C1=[N+](c2ccccc2)C(c2ccccc2)NC1c1ccc(-n2c3ccccc3c3c2c2ccccc2c2c4ccccc4n(-c4ccccc4)c23)cc1. The van der Waals surface area contributed by atoms with Gasteiger partial charge in [-0.05, 0) is 47.3 Å². The molecule has 0 radical (unpaired) electrons. The Hall–Kier alpha value is -6.75. The highest BCUT2D eigenvalue weighted by Gasteiger charge is 2.36. The number of fused-ring (bicyclic) bond motifs is 10. The van der Waals surface area contributed by atoms with Gasteiger partial charge in [0.1, 0.15) is 6.04 Å². The summed E-state index contributed by atoms with van der Waals surface area (Å²) in [6, 6.07) is 68.1. The third-order valence-electron chi connectivity index (χ3n) is 11.1. The summed E-state index contributed by atoms with van der Waals surface area (Å²) in [7, 11) is 0. The summed E-state index contributed by atoms with van der Waals surface area (Å²) >= 11 is 0. The Balaban J connectivity index is 1.14. The highest BCUT2D eigenvalue weighted by Crippen LogP contribution is 2.46. The molecule has 2 aromatic heterocycles. The molecule has 4 heteroatoms. The van der Waals surface area contributed by atoms with Gasteiger partial charge in [0.05, 0.1) is 22.1 Å². The van der Waals surface area contributed by atoms with Gasteiger partial charge in [-0.2, -0.15) is 4.58 Å². The molecule has 10 aromatic rings. The Morgan fingerprint density at radius 3 is 1.58 bits per heavy atom. The Morgan fingerprint density at radius 2 is 0.906 bits per heavy atom. The number of benzene rings is 8. The second kappa shape index (κ2) is 11.9. The van der Waals surface area contributed by atoms with Gasteiger partial charge < -0.3 is 9.13 Å². The van der Waals surface area contributed by atoms with E-state index in [1.807, 2.05) is 0 Å². The van der Waals surface area contributed by atoms with Crippen molar-refractivity contribution in [2.75, 3.05) is 0 Å². The fourth-order valence-corrected chi connectivity index (χ4v) is 8.79. The smallest absolute Gasteiger partial charge is 0.239 e. The molecule has 0 amide bonds. The van der Waals surface area contributed by atoms with Crippen LogP contribution < -0.4 is 5.32 Å². The third kappa shape index (κ3) is 4.56. The molecule has 0 saturated heterocycles. The van der Waals surface area contributed by atoms with E-state index < -0.39 is 0 Å². The number of hydrogen-bond acceptors (Lipinski definition) is 1. The van der Waals surface area contributed by atoms with Crippen LogP contribution in [0.25, 0.3) is 65.8 Å². The first-order chi connectivity index (χ1) is 26.3. The molecule has 1 N–H and O–H groups in total. The molecule has 3 heterocycles. The largest absolute Gasteiger partial charge is 0.309 e. The van der Waals surface area contributed by atoms with E-state index in [4.69, 9.17) is 0 Å². The lowest BCUT2D eigenvalue weighted by Gasteiger charge is -2.14. The molecule has 8 aromatic carbocycles. The van der Waals surface area contributed by atoms with Crippen LogP contribution in [0.15, 0.2) is 188 Å². The number of rotatable bonds is 5. The number of nitrogens with one attached hydrogen (secondary N) is 1. The molecule has 0 fully saturated rings. The fraction of sp³-hybridized carbons (Fsp3) is 0.0408. The van der Waals surface area contributed by atoms with Crippen molar-refractivity contribution in [3.63, 3.8) is 0 Å². The van der Waals surface area contributed by atoms with E-state index in [0.29, 0.717) is 0 Å². The topological polar surface area (TPSA) is 24.9 Å². The zero-order chi connectivity index (χ0) is 34.9. The highest BCUT2D eigenvalue weighted by atomic mass is 15.3. The van der Waals surface area contributed by atoms with E-state index in [9.17, 15) is 0 Å². The monoisotopic (exact) mass is 679 g/mol. The van der Waals surface area contributed by atoms with Crippen LogP contribution in [0.3, 0.4) is 0 Å². The van der Waals surface area contributed by atoms with Crippen LogP contribution >= 0.6 is 0 Å². The van der Waals surface area contributed by atoms with Gasteiger partial charge in [0.25, 0.3) is 0 Å². The van der Waals surface area contributed by atoms with E-state index in [1.165, 1.54) is 71.2 Å². The van der Waals surface area contributed by atoms with Crippen LogP contribution in [0.2, 0.25) is 0 Å². The minimum atomic E-state index is 0.0331. The first-order valence-corrected chi connectivity index (χ1v) is 18.4. The first-order valence-electron chi connectivity index (χ1n) is 18.4. The van der Waals surface area contributed by atoms with Crippen molar-refractivity contribution in [1.82, 2.24) is 14.5 Å². The number of hydrogen-bond donors (Lipinski definition) is 1. The summed E-state index contributed by atoms with van der Waals surface area (Å²) in [5, 5.41) is 11.5. The van der Waals surface area contributed by atoms with Gasteiger partial charge >= 0.3 is 0 Å². The molecule has 2 atom stereocenters. The van der Waals surface area contributed by atoms with Crippen LogP contribution in [-0.4, -0.2) is 19.9 Å². The molecule has 1 aliphatic heterocycles. The van der Waals surface area contributed by atoms with Crippen molar-refractivity contribution in [2.24, 2.45) is 0 Å². The van der Waals surface area contributed by atoms with Crippen molar-refractivity contribution in [2.45, 2.75) is 12.2 Å². The number of nitrogens with zero attached hydrogens (tertiary/aromatic N) is 3. The third-order valence-corrected chi connectivity index (χ3v) is 11.1. The molecule has 250 valence electrons. The average Bonchev–Trinajstić information content (AvgIpc) is 3.93. The Bertz CT molecular complexity index is 3010. The van der Waals surface area contributed by atoms with Crippen LogP contribution in [0.4, 0.5) is 5.69 Å². The van der Waals surface area contributed by atoms with E-state index in [0.717, 1.165) is 11.4 Å². The second-order valence-corrected chi connectivity index (χ2v) is 14.0. The van der Waals surface area contributed by atoms with E-state index >= 15 is 0 Å². The quantitative estimate of drug-likeness (QED) is 0.180. The Morgan fingerprint density at radius 1 is 0.396 bits per heavy atom. The van der Waals surface area contributed by atoms with Crippen molar-refractivity contribution in [3.8, 4) is 11.4 Å². The van der Waals surface area contributed by atoms with Gasteiger partial charge in [-0.15, -0.1) is 0 Å². The lowest BCUT2D eigenvalue weighted by atomic mass is 9.99. The molecular formula is C49H35N4+. The van der Waals surface area contributed by atoms with Gasteiger partial charge in [0, 0.05) is 56.0 Å². The summed E-state index contributed by atoms with van der Waals surface area (Å²) in [5.41, 5.74) is 10.8. The first kappa shape index (κ1) is 29.9. The fourth-order valence-electron chi connectivity index (χ4n) is 8.79. The van der Waals surface area contributed by atoms with Crippen molar-refractivity contribution >= 4 is 66.3 Å². The highest BCUT2D eigenvalue weighted by molar-refractivity contribution is 6.36. The lowest BCUT2D eigenvalue weighted by Crippen LogP contribution is -2.23. The molecule has 0 bridgehead atoms. The molecule has 53 heavy (non-hydrogen) atoms. The van der Waals surface area contributed by atoms with Crippen molar-refractivity contribution < 1.29 is 4.58 Å². The normalized spacial score (nSPS) is 16.0. The summed E-state index contributed by atoms with van der Waals surface area (Å²) in [4.78, 5) is 0. The molecule has 0 aliphatic carbocycles. The summed E-state index contributed by atoms with van der Waals surface area (Å²) in [6.07, 6.45) is 2.36. The van der Waals surface area contributed by atoms with Crippen LogP contribution in [0, 0.1) is 0 Å². The maximum absolute atomic E-state index is 3.93. The zero-order valence-electron chi connectivity index (χ0n) is 29.0. The standard InChI is InChI=1S/C49H35N4/c1-4-16-34(17-5-1)49-50-42(32-51(49)35-18-6-2-7-19-35)33-28-30-37(31-29-33)52-44-27-15-13-25-41(44)46-47(52)39-23-11-10-22-38(39)45-40-24-12-14-26-43(40)53(48(45)46)36-20-8-3-9-21-36/h1-32,42,49-50H/q+1.